The smallest absolute Gasteiger partial charge is 0.243 e. The zero-order valence-corrected chi connectivity index (χ0v) is 25.1. The highest BCUT2D eigenvalue weighted by Gasteiger charge is 2.34. The van der Waals surface area contributed by atoms with Crippen LogP contribution in [0.5, 0.6) is 11.5 Å². The van der Waals surface area contributed by atoms with Crippen LogP contribution < -0.4 is 14.2 Å². The third-order valence-corrected chi connectivity index (χ3v) is 8.75. The van der Waals surface area contributed by atoms with Gasteiger partial charge < -0.3 is 9.47 Å². The van der Waals surface area contributed by atoms with Crippen molar-refractivity contribution < 1.29 is 17.9 Å². The highest BCUT2D eigenvalue weighted by Crippen LogP contribution is 2.38. The largest absolute Gasteiger partial charge is 0.494 e. The second-order valence-electron chi connectivity index (χ2n) is 9.78. The lowest BCUT2D eigenvalue weighted by Crippen LogP contribution is -2.33. The maximum Gasteiger partial charge on any atom is 0.243 e. The zero-order chi connectivity index (χ0) is 29.6. The Morgan fingerprint density at radius 2 is 1.63 bits per heavy atom. The fourth-order valence-corrected chi connectivity index (χ4v) is 5.87. The van der Waals surface area contributed by atoms with Crippen molar-refractivity contribution in [2.24, 2.45) is 0 Å². The third-order valence-electron chi connectivity index (χ3n) is 6.98. The molecule has 0 spiro atoms. The molecule has 0 saturated carbocycles. The van der Waals surface area contributed by atoms with Gasteiger partial charge >= 0.3 is 0 Å². The number of benzene rings is 1. The lowest BCUT2D eigenvalue weighted by Gasteiger charge is -2.24. The third kappa shape index (κ3) is 6.48. The normalized spacial score (nSPS) is 13.0. The first kappa shape index (κ1) is 29.9. The van der Waals surface area contributed by atoms with E-state index in [0.717, 1.165) is 30.5 Å². The first-order valence-corrected chi connectivity index (χ1v) is 15.2. The average molecular weight is 580 g/mol. The number of aromatic nitrogens is 6. The molecule has 1 N–H and O–H groups in total. The van der Waals surface area contributed by atoms with Gasteiger partial charge in [0.15, 0.2) is 5.82 Å². The molecule has 4 rings (SSSR count). The van der Waals surface area contributed by atoms with Crippen molar-refractivity contribution in [1.82, 2.24) is 29.7 Å². The summed E-state index contributed by atoms with van der Waals surface area (Å²) in [5.41, 5.74) is 2.73. The molecular weight excluding hydrogens is 542 g/mol. The lowest BCUT2D eigenvalue weighted by molar-refractivity contribution is 0.391. The van der Waals surface area contributed by atoms with Crippen molar-refractivity contribution in [3.63, 3.8) is 0 Å². The van der Waals surface area contributed by atoms with Crippen molar-refractivity contribution in [2.75, 3.05) is 18.9 Å². The number of nitrogens with one attached hydrogen (secondary N) is 1. The van der Waals surface area contributed by atoms with E-state index in [1.54, 1.807) is 48.1 Å². The average Bonchev–Trinajstić information content (AvgIpc) is 3.39. The summed E-state index contributed by atoms with van der Waals surface area (Å²) < 4.78 is 43.5. The van der Waals surface area contributed by atoms with Gasteiger partial charge in [-0.05, 0) is 56.5 Å². The molecular formula is C29H37N7O4S. The number of nitrogens with zero attached hydrogens (tertiary/aromatic N) is 6. The van der Waals surface area contributed by atoms with Crippen molar-refractivity contribution in [2.45, 2.75) is 64.5 Å². The molecule has 4 aromatic rings. The minimum absolute atomic E-state index is 0.0163. The SMILES string of the molecule is CCCC[C@H](c1ncc(C)cn1)[C@H](C)S(=O)(=O)Nc1nnc(-c2cccc(CC)n2)n1-c1c(OC)cccc1OC. The summed E-state index contributed by atoms with van der Waals surface area (Å²) in [4.78, 5) is 13.6. The highest BCUT2D eigenvalue weighted by atomic mass is 32.2. The van der Waals surface area contributed by atoms with Crippen LogP contribution in [-0.2, 0) is 16.4 Å². The van der Waals surface area contributed by atoms with Crippen LogP contribution >= 0.6 is 0 Å². The van der Waals surface area contributed by atoms with Crippen LogP contribution in [0.1, 0.15) is 63.0 Å². The van der Waals surface area contributed by atoms with Gasteiger partial charge in [-0.2, -0.15) is 0 Å². The number of anilines is 1. The number of sulfonamides is 1. The minimum atomic E-state index is -4.01. The molecule has 0 radical (unpaired) electrons. The summed E-state index contributed by atoms with van der Waals surface area (Å²) in [5, 5.41) is 7.80. The highest BCUT2D eigenvalue weighted by molar-refractivity contribution is 7.93. The lowest BCUT2D eigenvalue weighted by atomic mass is 9.98. The van der Waals surface area contributed by atoms with Gasteiger partial charge in [0, 0.05) is 24.0 Å². The molecule has 0 bridgehead atoms. The van der Waals surface area contributed by atoms with E-state index in [4.69, 9.17) is 14.5 Å². The molecule has 41 heavy (non-hydrogen) atoms. The number of para-hydroxylation sites is 1. The molecule has 12 heteroatoms. The summed E-state index contributed by atoms with van der Waals surface area (Å²) in [6.07, 6.45) is 6.51. The van der Waals surface area contributed by atoms with E-state index in [9.17, 15) is 8.42 Å². The second-order valence-corrected chi connectivity index (χ2v) is 11.8. The van der Waals surface area contributed by atoms with E-state index in [2.05, 4.69) is 31.8 Å². The minimum Gasteiger partial charge on any atom is -0.494 e. The maximum absolute atomic E-state index is 14.0. The van der Waals surface area contributed by atoms with E-state index in [1.165, 1.54) is 14.2 Å². The molecule has 2 atom stereocenters. The van der Waals surface area contributed by atoms with Crippen LogP contribution in [0.3, 0.4) is 0 Å². The van der Waals surface area contributed by atoms with Crippen LogP contribution in [0.15, 0.2) is 48.8 Å². The first-order valence-electron chi connectivity index (χ1n) is 13.7. The predicted molar refractivity (Wildman–Crippen MR) is 158 cm³/mol. The number of pyridine rings is 1. The molecule has 218 valence electrons. The van der Waals surface area contributed by atoms with E-state index in [-0.39, 0.29) is 5.95 Å². The van der Waals surface area contributed by atoms with Gasteiger partial charge in [0.05, 0.1) is 19.5 Å². The summed E-state index contributed by atoms with van der Waals surface area (Å²) in [6, 6.07) is 10.9. The van der Waals surface area contributed by atoms with Crippen LogP contribution in [0.25, 0.3) is 17.2 Å². The Hall–Kier alpha value is -4.06. The van der Waals surface area contributed by atoms with E-state index in [0.29, 0.717) is 40.9 Å². The van der Waals surface area contributed by atoms with Crippen molar-refractivity contribution in [3.8, 4) is 28.7 Å². The zero-order valence-electron chi connectivity index (χ0n) is 24.3. The number of hydrogen-bond acceptors (Lipinski definition) is 9. The van der Waals surface area contributed by atoms with Gasteiger partial charge in [0.1, 0.15) is 28.7 Å². The Labute approximate surface area is 241 Å². The number of unbranched alkanes of at least 4 members (excludes halogenated alkanes) is 1. The van der Waals surface area contributed by atoms with E-state index in [1.807, 2.05) is 26.0 Å². The summed E-state index contributed by atoms with van der Waals surface area (Å²) in [7, 11) is -0.944. The summed E-state index contributed by atoms with van der Waals surface area (Å²) in [6.45, 7) is 7.64. The Balaban J connectivity index is 1.84. The Morgan fingerprint density at radius 1 is 0.976 bits per heavy atom. The first-order chi connectivity index (χ1) is 19.7. The van der Waals surface area contributed by atoms with Crippen LogP contribution in [-0.4, -0.2) is 57.6 Å². The van der Waals surface area contributed by atoms with E-state index < -0.39 is 21.2 Å². The molecule has 3 heterocycles. The molecule has 0 saturated heterocycles. The molecule has 0 aliphatic carbocycles. The molecule has 3 aromatic heterocycles. The van der Waals surface area contributed by atoms with Gasteiger partial charge in [-0.1, -0.05) is 38.8 Å². The predicted octanol–water partition coefficient (Wildman–Crippen LogP) is 5.11. The monoisotopic (exact) mass is 579 g/mol. The Kier molecular flexibility index (Phi) is 9.53. The van der Waals surface area contributed by atoms with Crippen molar-refractivity contribution >= 4 is 16.0 Å². The van der Waals surface area contributed by atoms with Crippen LogP contribution in [0, 0.1) is 6.92 Å². The summed E-state index contributed by atoms with van der Waals surface area (Å²) in [5.74, 6) is 1.28. The molecule has 11 nitrogen and oxygen atoms in total. The Morgan fingerprint density at radius 3 is 2.24 bits per heavy atom. The topological polar surface area (TPSA) is 134 Å². The fourth-order valence-electron chi connectivity index (χ4n) is 4.61. The fraction of sp³-hybridized carbons (Fsp3) is 0.414. The Bertz CT molecular complexity index is 1550. The van der Waals surface area contributed by atoms with Crippen LogP contribution in [0.2, 0.25) is 0 Å². The van der Waals surface area contributed by atoms with Crippen molar-refractivity contribution in [3.05, 3.63) is 65.9 Å². The number of hydrogen-bond donors (Lipinski definition) is 1. The molecule has 1 aromatic carbocycles. The van der Waals surface area contributed by atoms with Crippen LogP contribution in [0.4, 0.5) is 5.95 Å². The number of aryl methyl sites for hydroxylation is 2. The quantitative estimate of drug-likeness (QED) is 0.229. The molecule has 0 aliphatic heterocycles. The molecule has 0 amide bonds. The number of methoxy groups -OCH3 is 2. The van der Waals surface area contributed by atoms with Gasteiger partial charge in [-0.25, -0.2) is 23.4 Å². The maximum atomic E-state index is 14.0. The second kappa shape index (κ2) is 13.1. The van der Waals surface area contributed by atoms with E-state index >= 15 is 0 Å². The molecule has 0 unspecified atom stereocenters. The number of rotatable bonds is 13. The molecule has 0 aliphatic rings. The van der Waals surface area contributed by atoms with Crippen molar-refractivity contribution in [1.29, 1.82) is 0 Å². The van der Waals surface area contributed by atoms with Gasteiger partial charge in [0.2, 0.25) is 16.0 Å². The van der Waals surface area contributed by atoms with Gasteiger partial charge in [-0.15, -0.1) is 10.2 Å². The van der Waals surface area contributed by atoms with Gasteiger partial charge in [0.25, 0.3) is 0 Å². The summed E-state index contributed by atoms with van der Waals surface area (Å²) >= 11 is 0. The van der Waals surface area contributed by atoms with Gasteiger partial charge in [-0.3, -0.25) is 9.29 Å². The number of ether oxygens (including phenoxy) is 2. The standard InChI is InChI=1S/C29H37N7O4S/c1-7-9-13-22(27-30-17-19(3)18-31-27)20(4)41(37,38)35-29-34-33-28(23-14-10-12-21(8-2)32-23)36(29)26-24(39-5)15-11-16-25(26)40-6/h10-12,14-18,20,22H,7-9,13H2,1-6H3,(H,34,35)/t20-,22-/m0/s1. The molecule has 0 fully saturated rings.